The van der Waals surface area contributed by atoms with Crippen LogP contribution in [0.5, 0.6) is 5.75 Å². The Hall–Kier alpha value is -2.47. The second-order valence-electron chi connectivity index (χ2n) is 10.0. The van der Waals surface area contributed by atoms with Gasteiger partial charge < -0.3 is 9.26 Å². The summed E-state index contributed by atoms with van der Waals surface area (Å²) in [4.78, 5) is 0. The normalized spacial score (nSPS) is 12.6. The monoisotopic (exact) mass is 594 g/mol. The van der Waals surface area contributed by atoms with E-state index in [2.05, 4.69) is 121 Å². The number of methoxy groups -OCH3 is 1. The van der Waals surface area contributed by atoms with Gasteiger partial charge in [0.25, 0.3) is 8.53 Å². The molecule has 0 bridgehead atoms. The molecular formula is C32H43N4O3PS. The number of ether oxygens (including phenoxy) is 1. The molecule has 0 amide bonds. The molecule has 2 N–H and O–H groups in total. The molecule has 0 heterocycles. The molecule has 3 rings (SSSR count). The van der Waals surface area contributed by atoms with E-state index >= 15 is 0 Å². The van der Waals surface area contributed by atoms with Gasteiger partial charge in [-0.2, -0.15) is 10.7 Å². The van der Waals surface area contributed by atoms with Gasteiger partial charge in [0.2, 0.25) is 0 Å². The molecule has 9 heteroatoms. The zero-order chi connectivity index (χ0) is 29.5. The summed E-state index contributed by atoms with van der Waals surface area (Å²) < 4.78 is 22.8. The molecule has 0 radical (unpaired) electrons. The maximum Gasteiger partial charge on any atom is 0.277 e. The van der Waals surface area contributed by atoms with Crippen molar-refractivity contribution in [2.24, 2.45) is 0 Å². The second kappa shape index (κ2) is 17.5. The van der Waals surface area contributed by atoms with Crippen LogP contribution >= 0.6 is 20.5 Å². The predicted molar refractivity (Wildman–Crippen MR) is 170 cm³/mol. The van der Waals surface area contributed by atoms with E-state index in [1.165, 1.54) is 11.1 Å². The summed E-state index contributed by atoms with van der Waals surface area (Å²) in [5.74, 6) is 0.831. The summed E-state index contributed by atoms with van der Waals surface area (Å²) in [5, 5.41) is 8.92. The molecule has 0 aromatic heterocycles. The van der Waals surface area contributed by atoms with Gasteiger partial charge in [-0.15, -0.1) is 0 Å². The average molecular weight is 595 g/mol. The molecule has 0 spiro atoms. The number of nitrogens with zero attached hydrogens (tertiary/aromatic N) is 2. The van der Waals surface area contributed by atoms with Crippen molar-refractivity contribution < 1.29 is 13.9 Å². The lowest BCUT2D eigenvalue weighted by Crippen LogP contribution is -2.35. The molecule has 1 atom stereocenters. The minimum atomic E-state index is -1.32. The van der Waals surface area contributed by atoms with E-state index in [0.717, 1.165) is 24.3 Å². The molecule has 220 valence electrons. The van der Waals surface area contributed by atoms with Crippen LogP contribution in [0.2, 0.25) is 0 Å². The lowest BCUT2D eigenvalue weighted by atomic mass is 9.84. The van der Waals surface area contributed by atoms with Crippen LogP contribution in [0.4, 0.5) is 0 Å². The van der Waals surface area contributed by atoms with Crippen LogP contribution in [0, 0.1) is 11.3 Å². The number of nitriles is 1. The topological polar surface area (TPSA) is 78.8 Å². The molecule has 0 aliphatic heterocycles. The third kappa shape index (κ3) is 9.26. The molecular weight excluding hydrogens is 551 g/mol. The predicted octanol–water partition coefficient (Wildman–Crippen LogP) is 7.41. The van der Waals surface area contributed by atoms with Gasteiger partial charge in [0, 0.05) is 25.2 Å². The lowest BCUT2D eigenvalue weighted by molar-refractivity contribution is 0.125. The van der Waals surface area contributed by atoms with Gasteiger partial charge in [-0.1, -0.05) is 84.7 Å². The Kier molecular flexibility index (Phi) is 14.1. The molecule has 0 aliphatic carbocycles. The molecule has 0 saturated carbocycles. The Bertz CT molecular complexity index is 1130. The van der Waals surface area contributed by atoms with E-state index in [4.69, 9.17) is 19.1 Å². The molecule has 0 fully saturated rings. The quantitative estimate of drug-likeness (QED) is 0.0518. The Labute approximate surface area is 251 Å². The fraction of sp³-hybridized carbons (Fsp3) is 0.406. The molecule has 41 heavy (non-hydrogen) atoms. The maximum atomic E-state index is 8.92. The van der Waals surface area contributed by atoms with Crippen LogP contribution in [-0.4, -0.2) is 43.6 Å². The van der Waals surface area contributed by atoms with Crippen molar-refractivity contribution in [3.63, 3.8) is 0 Å². The smallest absolute Gasteiger partial charge is 0.277 e. The first-order valence-corrected chi connectivity index (χ1v) is 16.0. The van der Waals surface area contributed by atoms with Gasteiger partial charge in [-0.05, 0) is 62.9 Å². The number of nitrogens with one attached hydrogen (secondary N) is 2. The van der Waals surface area contributed by atoms with E-state index in [1.807, 2.05) is 12.1 Å². The van der Waals surface area contributed by atoms with Gasteiger partial charge in [0.15, 0.2) is 0 Å². The van der Waals surface area contributed by atoms with E-state index < -0.39 is 13.3 Å². The van der Waals surface area contributed by atoms with Crippen LogP contribution in [0.1, 0.15) is 57.2 Å². The molecule has 3 aromatic rings. The summed E-state index contributed by atoms with van der Waals surface area (Å²) in [6, 6.07) is 32.2. The van der Waals surface area contributed by atoms with Gasteiger partial charge >= 0.3 is 0 Å². The van der Waals surface area contributed by atoms with E-state index in [-0.39, 0.29) is 12.1 Å². The van der Waals surface area contributed by atoms with Crippen LogP contribution in [0.15, 0.2) is 84.9 Å². The van der Waals surface area contributed by atoms with Crippen molar-refractivity contribution in [1.82, 2.24) is 14.9 Å². The summed E-state index contributed by atoms with van der Waals surface area (Å²) in [6.45, 7) is 10.3. The zero-order valence-corrected chi connectivity index (χ0v) is 26.5. The Morgan fingerprint density at radius 1 is 0.854 bits per heavy atom. The second-order valence-corrected chi connectivity index (χ2v) is 12.5. The van der Waals surface area contributed by atoms with Gasteiger partial charge in [0.05, 0.1) is 26.2 Å². The molecule has 3 aromatic carbocycles. The Morgan fingerprint density at radius 3 is 1.93 bits per heavy atom. The van der Waals surface area contributed by atoms with Crippen molar-refractivity contribution in [3.05, 3.63) is 102 Å². The van der Waals surface area contributed by atoms with E-state index in [1.54, 1.807) is 19.1 Å². The summed E-state index contributed by atoms with van der Waals surface area (Å²) in [7, 11) is 0.373. The Morgan fingerprint density at radius 2 is 1.41 bits per heavy atom. The fourth-order valence-electron chi connectivity index (χ4n) is 4.62. The van der Waals surface area contributed by atoms with Crippen LogP contribution < -0.4 is 14.9 Å². The number of hydrogen-bond acceptors (Lipinski definition) is 8. The summed E-state index contributed by atoms with van der Waals surface area (Å²) in [6.07, 6.45) is 1.19. The molecule has 0 aliphatic rings. The largest absolute Gasteiger partial charge is 0.497 e. The number of hydroxylamine groups is 1. The van der Waals surface area contributed by atoms with E-state index in [0.29, 0.717) is 19.6 Å². The first kappa shape index (κ1) is 33.0. The first-order chi connectivity index (χ1) is 19.9. The molecule has 7 nitrogen and oxygen atoms in total. The van der Waals surface area contributed by atoms with Gasteiger partial charge in [0.1, 0.15) is 10.5 Å². The fourth-order valence-corrected chi connectivity index (χ4v) is 7.33. The highest BCUT2D eigenvalue weighted by molar-refractivity contribution is 7.98. The highest BCUT2D eigenvalue weighted by Gasteiger charge is 2.37. The number of benzene rings is 3. The van der Waals surface area contributed by atoms with Crippen LogP contribution in [-0.2, 0) is 13.9 Å². The highest BCUT2D eigenvalue weighted by Crippen LogP contribution is 2.47. The van der Waals surface area contributed by atoms with Crippen LogP contribution in [0.3, 0.4) is 0 Å². The maximum absolute atomic E-state index is 8.92. The Balaban J connectivity index is 1.69. The minimum absolute atomic E-state index is 0.255. The molecule has 1 unspecified atom stereocenters. The zero-order valence-electron chi connectivity index (χ0n) is 24.7. The third-order valence-corrected chi connectivity index (χ3v) is 9.80. The summed E-state index contributed by atoms with van der Waals surface area (Å²) >= 11 is 1.71. The van der Waals surface area contributed by atoms with Crippen LogP contribution in [0.25, 0.3) is 0 Å². The van der Waals surface area contributed by atoms with Crippen molar-refractivity contribution in [2.45, 2.75) is 57.4 Å². The number of rotatable bonds is 18. The van der Waals surface area contributed by atoms with Gasteiger partial charge in [-0.25, -0.2) is 9.29 Å². The number of hydrogen-bond donors (Lipinski definition) is 2. The van der Waals surface area contributed by atoms with Crippen molar-refractivity contribution >= 4 is 20.5 Å². The van der Waals surface area contributed by atoms with Crippen molar-refractivity contribution in [3.8, 4) is 11.8 Å². The third-order valence-electron chi connectivity index (χ3n) is 6.45. The standard InChI is InChI=1S/C32H43N4O3PS/c1-26(2)36(27(3)4)40(38-25-12-22-33)39-34-23-13-24-35-41-32(28-14-8-6-9-15-28,29-16-10-7-11-17-29)30-18-20-31(37-5)21-19-30/h6-11,14-21,26-27,34-35H,12-13,23-25H2,1-5H3. The van der Waals surface area contributed by atoms with Crippen molar-refractivity contribution in [1.29, 1.82) is 5.26 Å². The van der Waals surface area contributed by atoms with E-state index in [9.17, 15) is 0 Å². The van der Waals surface area contributed by atoms with Crippen molar-refractivity contribution in [2.75, 3.05) is 26.8 Å². The molecule has 0 saturated heterocycles. The minimum Gasteiger partial charge on any atom is -0.497 e. The first-order valence-electron chi connectivity index (χ1n) is 14.1. The lowest BCUT2D eigenvalue weighted by Gasteiger charge is -2.35. The highest BCUT2D eigenvalue weighted by atomic mass is 32.2. The SMILES string of the molecule is COc1ccc(C(SNCCCNOP(OCCC#N)N(C(C)C)C(C)C)(c2ccccc2)c2ccccc2)cc1. The van der Waals surface area contributed by atoms with Gasteiger partial charge in [-0.3, -0.25) is 4.72 Å². The summed E-state index contributed by atoms with van der Waals surface area (Å²) in [5.41, 5.74) is 6.67. The average Bonchev–Trinajstić information content (AvgIpc) is 2.99.